The summed E-state index contributed by atoms with van der Waals surface area (Å²) in [6.45, 7) is 2.81. The van der Waals surface area contributed by atoms with E-state index in [4.69, 9.17) is 4.74 Å². The zero-order chi connectivity index (χ0) is 15.0. The Hall–Kier alpha value is -0.520. The maximum atomic E-state index is 5.74. The smallest absolute Gasteiger partial charge is 0.124 e. The minimum Gasteiger partial charge on any atom is -0.493 e. The van der Waals surface area contributed by atoms with Crippen LogP contribution < -0.4 is 10.1 Å². The normalized spacial score (nSPS) is 17.0. The van der Waals surface area contributed by atoms with Crippen LogP contribution in [0.15, 0.2) is 43.7 Å². The highest BCUT2D eigenvalue weighted by molar-refractivity contribution is 9.11. The lowest BCUT2D eigenvalue weighted by Crippen LogP contribution is -2.20. The van der Waals surface area contributed by atoms with Gasteiger partial charge in [0, 0.05) is 25.4 Å². The van der Waals surface area contributed by atoms with Crippen LogP contribution in [0.1, 0.15) is 23.6 Å². The average molecular weight is 476 g/mol. The number of hydrogen-bond donors (Lipinski definition) is 1. The second kappa shape index (κ2) is 6.31. The fourth-order valence-corrected chi connectivity index (χ4v) is 4.55. The largest absolute Gasteiger partial charge is 0.493 e. The van der Waals surface area contributed by atoms with Crippen LogP contribution in [0.3, 0.4) is 0 Å². The zero-order valence-electron chi connectivity index (χ0n) is 11.4. The number of fused-ring (bicyclic) bond motifs is 1. The van der Waals surface area contributed by atoms with Gasteiger partial charge in [0.15, 0.2) is 0 Å². The Morgan fingerprint density at radius 2 is 1.81 bits per heavy atom. The fraction of sp³-hybridized carbons (Fsp3) is 0.250. The first-order chi connectivity index (χ1) is 10.0. The number of rotatable bonds is 2. The molecule has 0 radical (unpaired) electrons. The maximum absolute atomic E-state index is 5.74. The van der Waals surface area contributed by atoms with Gasteiger partial charge >= 0.3 is 0 Å². The quantitative estimate of drug-likeness (QED) is 0.557. The molecule has 2 aromatic rings. The van der Waals surface area contributed by atoms with Crippen LogP contribution in [0.25, 0.3) is 0 Å². The molecule has 1 aliphatic heterocycles. The molecule has 5 heteroatoms. The lowest BCUT2D eigenvalue weighted by molar-refractivity contribution is 0.274. The molecule has 0 saturated carbocycles. The number of ether oxygens (including phenoxy) is 1. The van der Waals surface area contributed by atoms with Crippen molar-refractivity contribution in [3.63, 3.8) is 0 Å². The van der Waals surface area contributed by atoms with Crippen LogP contribution in [0.2, 0.25) is 0 Å². The van der Waals surface area contributed by atoms with Crippen molar-refractivity contribution in [2.24, 2.45) is 0 Å². The molecule has 0 amide bonds. The summed E-state index contributed by atoms with van der Waals surface area (Å²) in [5.41, 5.74) is 3.49. The summed E-state index contributed by atoms with van der Waals surface area (Å²) in [7, 11) is 0. The minimum absolute atomic E-state index is 0.238. The van der Waals surface area contributed by atoms with Crippen LogP contribution in [-0.4, -0.2) is 6.61 Å². The predicted molar refractivity (Wildman–Crippen MR) is 97.2 cm³/mol. The summed E-state index contributed by atoms with van der Waals surface area (Å²) in [6.07, 6.45) is 0.941. The second-order valence-corrected chi connectivity index (χ2v) is 7.74. The third-order valence-electron chi connectivity index (χ3n) is 3.52. The van der Waals surface area contributed by atoms with Crippen molar-refractivity contribution in [3.05, 3.63) is 54.9 Å². The molecular weight excluding hydrogens is 462 g/mol. The first kappa shape index (κ1) is 15.4. The molecule has 0 fully saturated rings. The van der Waals surface area contributed by atoms with Crippen molar-refractivity contribution in [1.82, 2.24) is 0 Å². The Balaban J connectivity index is 1.96. The number of anilines is 1. The van der Waals surface area contributed by atoms with Gasteiger partial charge in [-0.2, -0.15) is 0 Å². The van der Waals surface area contributed by atoms with Gasteiger partial charge in [0.25, 0.3) is 0 Å². The van der Waals surface area contributed by atoms with Crippen LogP contribution in [0, 0.1) is 6.92 Å². The van der Waals surface area contributed by atoms with Crippen molar-refractivity contribution < 1.29 is 4.74 Å². The van der Waals surface area contributed by atoms with Gasteiger partial charge in [0.2, 0.25) is 0 Å². The summed E-state index contributed by atoms with van der Waals surface area (Å²) in [4.78, 5) is 0. The standard InChI is InChI=1S/C16H14Br3NO/c1-9-6-12(18)16(13(19)7-9)20-14-4-5-21-15-3-2-10(17)8-11(14)15/h2-3,6-8,14,20H,4-5H2,1H3. The van der Waals surface area contributed by atoms with Crippen LogP contribution in [0.4, 0.5) is 5.69 Å². The van der Waals surface area contributed by atoms with Gasteiger partial charge in [-0.25, -0.2) is 0 Å². The molecular formula is C16H14Br3NO. The topological polar surface area (TPSA) is 21.3 Å². The van der Waals surface area contributed by atoms with Gasteiger partial charge in [-0.3, -0.25) is 0 Å². The molecule has 3 rings (SSSR count). The highest BCUT2D eigenvalue weighted by atomic mass is 79.9. The van der Waals surface area contributed by atoms with Crippen molar-refractivity contribution >= 4 is 53.5 Å². The Labute approximate surface area is 149 Å². The van der Waals surface area contributed by atoms with Gasteiger partial charge in [0.05, 0.1) is 18.3 Å². The van der Waals surface area contributed by atoms with Gasteiger partial charge in [0.1, 0.15) is 5.75 Å². The Morgan fingerprint density at radius 3 is 2.52 bits per heavy atom. The van der Waals surface area contributed by atoms with E-state index in [0.717, 1.165) is 37.9 Å². The molecule has 0 bridgehead atoms. The summed E-state index contributed by atoms with van der Waals surface area (Å²) in [5, 5.41) is 3.63. The van der Waals surface area contributed by atoms with E-state index >= 15 is 0 Å². The number of nitrogens with one attached hydrogen (secondary N) is 1. The van der Waals surface area contributed by atoms with Crippen LogP contribution >= 0.6 is 47.8 Å². The van der Waals surface area contributed by atoms with Gasteiger partial charge in [-0.1, -0.05) is 15.9 Å². The molecule has 0 aromatic heterocycles. The van der Waals surface area contributed by atoms with Crippen LogP contribution in [0.5, 0.6) is 5.75 Å². The summed E-state index contributed by atoms with van der Waals surface area (Å²) >= 11 is 10.8. The molecule has 2 aromatic carbocycles. The van der Waals surface area contributed by atoms with Crippen molar-refractivity contribution in [1.29, 1.82) is 0 Å². The molecule has 1 atom stereocenters. The van der Waals surface area contributed by atoms with E-state index in [2.05, 4.69) is 78.2 Å². The minimum atomic E-state index is 0.238. The molecule has 1 N–H and O–H groups in total. The lowest BCUT2D eigenvalue weighted by atomic mass is 10.00. The number of halogens is 3. The third kappa shape index (κ3) is 3.30. The number of hydrogen-bond acceptors (Lipinski definition) is 2. The van der Waals surface area contributed by atoms with Gasteiger partial charge in [-0.05, 0) is 74.7 Å². The van der Waals surface area contributed by atoms with Crippen molar-refractivity contribution in [2.75, 3.05) is 11.9 Å². The molecule has 21 heavy (non-hydrogen) atoms. The van der Waals surface area contributed by atoms with E-state index in [9.17, 15) is 0 Å². The maximum Gasteiger partial charge on any atom is 0.124 e. The molecule has 2 nitrogen and oxygen atoms in total. The number of benzene rings is 2. The monoisotopic (exact) mass is 473 g/mol. The van der Waals surface area contributed by atoms with Gasteiger partial charge in [-0.15, -0.1) is 0 Å². The third-order valence-corrected chi connectivity index (χ3v) is 5.26. The van der Waals surface area contributed by atoms with E-state index in [0.29, 0.717) is 0 Å². The summed E-state index contributed by atoms with van der Waals surface area (Å²) < 4.78 is 8.95. The molecule has 1 heterocycles. The zero-order valence-corrected chi connectivity index (χ0v) is 16.2. The van der Waals surface area contributed by atoms with Crippen LogP contribution in [-0.2, 0) is 0 Å². The fourth-order valence-electron chi connectivity index (χ4n) is 2.53. The SMILES string of the molecule is Cc1cc(Br)c(NC2CCOc3ccc(Br)cc32)c(Br)c1. The Bertz CT molecular complexity index is 664. The first-order valence-corrected chi connectivity index (χ1v) is 9.07. The second-order valence-electron chi connectivity index (χ2n) is 5.12. The molecule has 0 spiro atoms. The predicted octanol–water partition coefficient (Wildman–Crippen LogP) is 6.22. The van der Waals surface area contributed by atoms with E-state index in [-0.39, 0.29) is 6.04 Å². The number of aryl methyl sites for hydroxylation is 1. The first-order valence-electron chi connectivity index (χ1n) is 6.69. The highest BCUT2D eigenvalue weighted by Gasteiger charge is 2.23. The summed E-state index contributed by atoms with van der Waals surface area (Å²) in [5.74, 6) is 0.960. The van der Waals surface area contributed by atoms with Crippen molar-refractivity contribution in [3.8, 4) is 5.75 Å². The summed E-state index contributed by atoms with van der Waals surface area (Å²) in [6, 6.07) is 10.6. The molecule has 1 unspecified atom stereocenters. The Morgan fingerprint density at radius 1 is 1.10 bits per heavy atom. The lowest BCUT2D eigenvalue weighted by Gasteiger charge is -2.28. The molecule has 0 saturated heterocycles. The van der Waals surface area contributed by atoms with Crippen molar-refractivity contribution in [2.45, 2.75) is 19.4 Å². The molecule has 110 valence electrons. The van der Waals surface area contributed by atoms with E-state index in [1.54, 1.807) is 0 Å². The Kier molecular flexibility index (Phi) is 4.62. The molecule has 0 aliphatic carbocycles. The average Bonchev–Trinajstić information content (AvgIpc) is 2.43. The van der Waals surface area contributed by atoms with E-state index < -0.39 is 0 Å². The highest BCUT2D eigenvalue weighted by Crippen LogP contribution is 2.40. The van der Waals surface area contributed by atoms with E-state index in [1.807, 2.05) is 12.1 Å². The van der Waals surface area contributed by atoms with Gasteiger partial charge < -0.3 is 10.1 Å². The van der Waals surface area contributed by atoms with E-state index in [1.165, 1.54) is 11.1 Å². The molecule has 1 aliphatic rings.